The molecule has 0 N–H and O–H groups in total. The first kappa shape index (κ1) is 6.13. The summed E-state index contributed by atoms with van der Waals surface area (Å²) in [4.78, 5) is 3.95. The maximum Gasteiger partial charge on any atom is 0.231 e. The highest BCUT2D eigenvalue weighted by atomic mass is 16.5. The van der Waals surface area contributed by atoms with Gasteiger partial charge in [-0.05, 0) is 6.92 Å². The second-order valence-corrected chi connectivity index (χ2v) is 1.81. The Balaban J connectivity index is 2.61. The second kappa shape index (κ2) is 2.53. The lowest BCUT2D eigenvalue weighted by molar-refractivity contribution is 0.328. The van der Waals surface area contributed by atoms with E-state index in [0.717, 1.165) is 0 Å². The molecule has 0 saturated carbocycles. The van der Waals surface area contributed by atoms with E-state index in [1.54, 1.807) is 6.33 Å². The molecule has 1 heterocycles. The molecule has 0 aliphatic heterocycles. The predicted molar refractivity (Wildman–Crippen MR) is 34.4 cm³/mol. The van der Waals surface area contributed by atoms with Crippen LogP contribution in [0.25, 0.3) is 0 Å². The van der Waals surface area contributed by atoms with Crippen molar-refractivity contribution >= 4 is 0 Å². The first-order valence-corrected chi connectivity index (χ1v) is 2.93. The minimum atomic E-state index is 0.678. The SMILES string of the molecule is CCOc1cn(C)cn1. The highest BCUT2D eigenvalue weighted by Crippen LogP contribution is 2.02. The lowest BCUT2D eigenvalue weighted by Gasteiger charge is -1.93. The fraction of sp³-hybridized carbons (Fsp3) is 0.500. The largest absolute Gasteiger partial charge is 0.477 e. The molecule has 0 atom stereocenters. The van der Waals surface area contributed by atoms with Crippen molar-refractivity contribution in [3.63, 3.8) is 0 Å². The van der Waals surface area contributed by atoms with E-state index >= 15 is 0 Å². The molecule has 9 heavy (non-hydrogen) atoms. The van der Waals surface area contributed by atoms with Crippen LogP contribution >= 0.6 is 0 Å². The average Bonchev–Trinajstić information content (AvgIpc) is 2.17. The molecule has 1 aromatic heterocycles. The van der Waals surface area contributed by atoms with Crippen molar-refractivity contribution in [2.45, 2.75) is 6.92 Å². The van der Waals surface area contributed by atoms with E-state index in [2.05, 4.69) is 4.98 Å². The van der Waals surface area contributed by atoms with Gasteiger partial charge in [0.2, 0.25) is 5.88 Å². The Morgan fingerprint density at radius 3 is 3.00 bits per heavy atom. The molecule has 0 saturated heterocycles. The summed E-state index contributed by atoms with van der Waals surface area (Å²) < 4.78 is 6.95. The maximum atomic E-state index is 5.09. The van der Waals surface area contributed by atoms with Gasteiger partial charge in [0.15, 0.2) is 0 Å². The Morgan fingerprint density at radius 2 is 2.56 bits per heavy atom. The van der Waals surface area contributed by atoms with Gasteiger partial charge in [-0.15, -0.1) is 0 Å². The molecule has 1 aromatic rings. The van der Waals surface area contributed by atoms with Crippen molar-refractivity contribution in [3.8, 4) is 5.88 Å². The van der Waals surface area contributed by atoms with E-state index in [4.69, 9.17) is 4.74 Å². The Labute approximate surface area is 54.3 Å². The number of imidazole rings is 1. The van der Waals surface area contributed by atoms with Crippen molar-refractivity contribution in [2.75, 3.05) is 6.61 Å². The third-order valence-electron chi connectivity index (χ3n) is 0.973. The molecule has 0 aliphatic rings. The number of aromatic nitrogens is 2. The molecular weight excluding hydrogens is 116 g/mol. The zero-order valence-corrected chi connectivity index (χ0v) is 5.66. The first-order valence-electron chi connectivity index (χ1n) is 2.93. The van der Waals surface area contributed by atoms with Crippen LogP contribution in [0.4, 0.5) is 0 Å². The summed E-state index contributed by atoms with van der Waals surface area (Å²) in [6.07, 6.45) is 3.55. The molecule has 50 valence electrons. The molecule has 0 bridgehead atoms. The van der Waals surface area contributed by atoms with Crippen LogP contribution in [0, 0.1) is 0 Å². The molecule has 0 fully saturated rings. The number of aryl methyl sites for hydroxylation is 1. The van der Waals surface area contributed by atoms with E-state index in [1.165, 1.54) is 0 Å². The minimum Gasteiger partial charge on any atom is -0.477 e. The zero-order valence-electron chi connectivity index (χ0n) is 5.66. The van der Waals surface area contributed by atoms with Gasteiger partial charge in [0.1, 0.15) is 0 Å². The summed E-state index contributed by atoms with van der Waals surface area (Å²) >= 11 is 0. The summed E-state index contributed by atoms with van der Waals surface area (Å²) in [6.45, 7) is 2.62. The normalized spacial score (nSPS) is 9.56. The van der Waals surface area contributed by atoms with E-state index in [-0.39, 0.29) is 0 Å². The lowest BCUT2D eigenvalue weighted by Crippen LogP contribution is -1.90. The summed E-state index contributed by atoms with van der Waals surface area (Å²) in [6, 6.07) is 0. The number of ether oxygens (including phenoxy) is 1. The van der Waals surface area contributed by atoms with Gasteiger partial charge in [-0.25, -0.2) is 4.98 Å². The smallest absolute Gasteiger partial charge is 0.231 e. The Kier molecular flexibility index (Phi) is 1.72. The maximum absolute atomic E-state index is 5.09. The number of hydrogen-bond acceptors (Lipinski definition) is 2. The van der Waals surface area contributed by atoms with Gasteiger partial charge in [-0.2, -0.15) is 0 Å². The van der Waals surface area contributed by atoms with Crippen LogP contribution in [-0.2, 0) is 7.05 Å². The predicted octanol–water partition coefficient (Wildman–Crippen LogP) is 0.819. The highest BCUT2D eigenvalue weighted by Gasteiger charge is 1.91. The van der Waals surface area contributed by atoms with Gasteiger partial charge in [0.25, 0.3) is 0 Å². The van der Waals surface area contributed by atoms with E-state index in [0.29, 0.717) is 12.5 Å². The Hall–Kier alpha value is -0.990. The highest BCUT2D eigenvalue weighted by molar-refractivity contribution is 5.02. The number of rotatable bonds is 2. The number of hydrogen-bond donors (Lipinski definition) is 0. The van der Waals surface area contributed by atoms with Crippen LogP contribution in [0.2, 0.25) is 0 Å². The fourth-order valence-corrected chi connectivity index (χ4v) is 0.611. The van der Waals surface area contributed by atoms with Gasteiger partial charge in [0, 0.05) is 7.05 Å². The second-order valence-electron chi connectivity index (χ2n) is 1.81. The van der Waals surface area contributed by atoms with Gasteiger partial charge < -0.3 is 9.30 Å². The van der Waals surface area contributed by atoms with Crippen LogP contribution < -0.4 is 4.74 Å². The van der Waals surface area contributed by atoms with Crippen molar-refractivity contribution in [2.24, 2.45) is 7.05 Å². The molecule has 1 rings (SSSR count). The van der Waals surface area contributed by atoms with Crippen molar-refractivity contribution in [3.05, 3.63) is 12.5 Å². The van der Waals surface area contributed by atoms with Crippen LogP contribution in [0.1, 0.15) is 6.92 Å². The molecule has 0 spiro atoms. The van der Waals surface area contributed by atoms with E-state index in [9.17, 15) is 0 Å². The summed E-state index contributed by atoms with van der Waals surface area (Å²) in [5, 5.41) is 0. The monoisotopic (exact) mass is 126 g/mol. The van der Waals surface area contributed by atoms with Gasteiger partial charge in [0.05, 0.1) is 19.1 Å². The van der Waals surface area contributed by atoms with Crippen molar-refractivity contribution in [1.29, 1.82) is 0 Å². The standard InChI is InChI=1S/C6H10N2O/c1-3-9-6-4-8(2)5-7-6/h4-5H,3H2,1-2H3. The van der Waals surface area contributed by atoms with Crippen LogP contribution in [0.3, 0.4) is 0 Å². The molecule has 0 amide bonds. The van der Waals surface area contributed by atoms with Gasteiger partial charge in [-0.1, -0.05) is 0 Å². The van der Waals surface area contributed by atoms with E-state index in [1.807, 2.05) is 24.7 Å². The fourth-order valence-electron chi connectivity index (χ4n) is 0.611. The first-order chi connectivity index (χ1) is 4.33. The Bertz CT molecular complexity index is 183. The molecule has 3 heteroatoms. The third-order valence-corrected chi connectivity index (χ3v) is 0.973. The van der Waals surface area contributed by atoms with Crippen molar-refractivity contribution < 1.29 is 4.74 Å². The molecular formula is C6H10N2O. The molecule has 0 aliphatic carbocycles. The van der Waals surface area contributed by atoms with E-state index < -0.39 is 0 Å². The van der Waals surface area contributed by atoms with Crippen molar-refractivity contribution in [1.82, 2.24) is 9.55 Å². The summed E-state index contributed by atoms with van der Waals surface area (Å²) in [5.41, 5.74) is 0. The van der Waals surface area contributed by atoms with Crippen LogP contribution in [0.15, 0.2) is 12.5 Å². The van der Waals surface area contributed by atoms with Gasteiger partial charge in [-0.3, -0.25) is 0 Å². The van der Waals surface area contributed by atoms with Crippen LogP contribution in [0.5, 0.6) is 5.88 Å². The molecule has 0 radical (unpaired) electrons. The average molecular weight is 126 g/mol. The lowest BCUT2D eigenvalue weighted by atomic mass is 10.8. The van der Waals surface area contributed by atoms with Crippen LogP contribution in [-0.4, -0.2) is 16.2 Å². The zero-order chi connectivity index (χ0) is 6.69. The topological polar surface area (TPSA) is 27.1 Å². The quantitative estimate of drug-likeness (QED) is 0.586. The minimum absolute atomic E-state index is 0.678. The summed E-state index contributed by atoms with van der Waals surface area (Å²) in [7, 11) is 1.91. The number of nitrogens with zero attached hydrogens (tertiary/aromatic N) is 2. The summed E-state index contributed by atoms with van der Waals surface area (Å²) in [5.74, 6) is 0.694. The molecule has 0 aromatic carbocycles. The molecule has 0 unspecified atom stereocenters. The Morgan fingerprint density at radius 1 is 1.78 bits per heavy atom. The third kappa shape index (κ3) is 1.45. The van der Waals surface area contributed by atoms with Gasteiger partial charge >= 0.3 is 0 Å². The molecule has 3 nitrogen and oxygen atoms in total.